The first-order chi connectivity index (χ1) is 9.83. The number of hydrogen-bond acceptors (Lipinski definition) is 4. The lowest BCUT2D eigenvalue weighted by atomic mass is 10.2. The third-order valence-electron chi connectivity index (χ3n) is 3.94. The zero-order valence-electron chi connectivity index (χ0n) is 11.9. The fourth-order valence-corrected chi connectivity index (χ4v) is 3.54. The minimum atomic E-state index is 0.614. The summed E-state index contributed by atoms with van der Waals surface area (Å²) in [4.78, 5) is 8.18. The van der Waals surface area contributed by atoms with Gasteiger partial charge in [-0.2, -0.15) is 0 Å². The number of thiazole rings is 1. The highest BCUT2D eigenvalue weighted by Crippen LogP contribution is 2.19. The lowest BCUT2D eigenvalue weighted by Gasteiger charge is -2.19. The molecule has 1 aliphatic rings. The van der Waals surface area contributed by atoms with Crippen LogP contribution < -0.4 is 10.2 Å². The van der Waals surface area contributed by atoms with Crippen LogP contribution in [-0.4, -0.2) is 30.7 Å². The van der Waals surface area contributed by atoms with Crippen LogP contribution in [-0.2, 0) is 6.42 Å². The summed E-state index contributed by atoms with van der Waals surface area (Å²) >= 11 is 1.77. The van der Waals surface area contributed by atoms with Crippen molar-refractivity contribution in [2.45, 2.75) is 25.8 Å². The van der Waals surface area contributed by atoms with Gasteiger partial charge in [0, 0.05) is 36.2 Å². The maximum Gasteiger partial charge on any atom is 0.0797 e. The van der Waals surface area contributed by atoms with Gasteiger partial charge in [0.15, 0.2) is 0 Å². The maximum atomic E-state index is 4.30. The molecule has 1 unspecified atom stereocenters. The Morgan fingerprint density at radius 3 is 2.95 bits per heavy atom. The molecule has 2 aromatic rings. The van der Waals surface area contributed by atoms with Crippen LogP contribution in [0.1, 0.15) is 17.0 Å². The molecule has 1 aromatic carbocycles. The maximum absolute atomic E-state index is 4.30. The Hall–Kier alpha value is -1.39. The van der Waals surface area contributed by atoms with Crippen LogP contribution in [0, 0.1) is 6.92 Å². The van der Waals surface area contributed by atoms with Crippen LogP contribution in [0.5, 0.6) is 0 Å². The van der Waals surface area contributed by atoms with Crippen molar-refractivity contribution in [1.29, 1.82) is 0 Å². The number of hydrogen-bond donors (Lipinski definition) is 1. The van der Waals surface area contributed by atoms with Crippen molar-refractivity contribution >= 4 is 17.0 Å². The lowest BCUT2D eigenvalue weighted by Crippen LogP contribution is -2.33. The summed E-state index contributed by atoms with van der Waals surface area (Å²) in [7, 11) is 0. The van der Waals surface area contributed by atoms with E-state index >= 15 is 0 Å². The van der Waals surface area contributed by atoms with E-state index in [0.717, 1.165) is 26.1 Å². The summed E-state index contributed by atoms with van der Waals surface area (Å²) < 4.78 is 0. The number of nitrogens with zero attached hydrogens (tertiary/aromatic N) is 2. The molecule has 0 saturated carbocycles. The van der Waals surface area contributed by atoms with Gasteiger partial charge in [0.1, 0.15) is 0 Å². The first kappa shape index (κ1) is 13.6. The van der Waals surface area contributed by atoms with Crippen LogP contribution in [0.25, 0.3) is 0 Å². The predicted octanol–water partition coefficient (Wildman–Crippen LogP) is 2.86. The fourth-order valence-electron chi connectivity index (χ4n) is 2.76. The number of rotatable bonds is 5. The molecular weight excluding hydrogens is 266 g/mol. The van der Waals surface area contributed by atoms with Crippen LogP contribution in [0.2, 0.25) is 0 Å². The molecule has 0 radical (unpaired) electrons. The molecular formula is C16H21N3S. The third kappa shape index (κ3) is 3.19. The molecule has 1 aliphatic heterocycles. The molecule has 2 heterocycles. The van der Waals surface area contributed by atoms with E-state index < -0.39 is 0 Å². The quantitative estimate of drug-likeness (QED) is 0.916. The number of anilines is 1. The summed E-state index contributed by atoms with van der Waals surface area (Å²) in [6.07, 6.45) is 2.33. The van der Waals surface area contributed by atoms with Gasteiger partial charge in [-0.3, -0.25) is 0 Å². The highest BCUT2D eigenvalue weighted by atomic mass is 32.1. The van der Waals surface area contributed by atoms with Crippen LogP contribution >= 0.6 is 11.3 Å². The van der Waals surface area contributed by atoms with Crippen molar-refractivity contribution in [2.75, 3.05) is 24.5 Å². The molecule has 3 nitrogen and oxygen atoms in total. The van der Waals surface area contributed by atoms with Crippen LogP contribution in [0.4, 0.5) is 5.69 Å². The monoisotopic (exact) mass is 287 g/mol. The molecule has 0 amide bonds. The summed E-state index contributed by atoms with van der Waals surface area (Å²) in [5.74, 6) is 0. The second kappa shape index (κ2) is 6.37. The third-order valence-corrected chi connectivity index (χ3v) is 4.93. The van der Waals surface area contributed by atoms with Crippen molar-refractivity contribution in [2.24, 2.45) is 0 Å². The number of aromatic nitrogens is 1. The number of benzene rings is 1. The largest absolute Gasteiger partial charge is 0.370 e. The first-order valence-electron chi connectivity index (χ1n) is 7.25. The lowest BCUT2D eigenvalue weighted by molar-refractivity contribution is 0.555. The van der Waals surface area contributed by atoms with Gasteiger partial charge in [-0.25, -0.2) is 4.98 Å². The summed E-state index contributed by atoms with van der Waals surface area (Å²) in [5, 5.41) is 3.68. The van der Waals surface area contributed by atoms with Gasteiger partial charge in [0.2, 0.25) is 0 Å². The van der Waals surface area contributed by atoms with Gasteiger partial charge in [-0.05, 0) is 31.9 Å². The summed E-state index contributed by atoms with van der Waals surface area (Å²) in [6, 6.07) is 11.3. The fraction of sp³-hybridized carbons (Fsp3) is 0.438. The Morgan fingerprint density at radius 2 is 2.20 bits per heavy atom. The molecule has 1 N–H and O–H groups in total. The van der Waals surface area contributed by atoms with E-state index in [0.29, 0.717) is 6.04 Å². The van der Waals surface area contributed by atoms with Crippen LogP contribution in [0.15, 0.2) is 35.8 Å². The SMILES string of the molecule is Cc1ncsc1CCNC1CCN(c2ccccc2)C1. The average Bonchev–Trinajstić information content (AvgIpc) is 3.10. The van der Waals surface area contributed by atoms with E-state index in [-0.39, 0.29) is 0 Å². The van der Waals surface area contributed by atoms with Crippen molar-refractivity contribution in [3.05, 3.63) is 46.4 Å². The van der Waals surface area contributed by atoms with E-state index in [1.54, 1.807) is 11.3 Å². The number of nitrogens with one attached hydrogen (secondary N) is 1. The van der Waals surface area contributed by atoms with Crippen LogP contribution in [0.3, 0.4) is 0 Å². The molecule has 1 aromatic heterocycles. The zero-order valence-corrected chi connectivity index (χ0v) is 12.7. The van der Waals surface area contributed by atoms with Crippen molar-refractivity contribution < 1.29 is 0 Å². The molecule has 0 bridgehead atoms. The number of aryl methyl sites for hydroxylation is 1. The molecule has 1 atom stereocenters. The van der Waals surface area contributed by atoms with E-state index in [1.165, 1.54) is 22.7 Å². The second-order valence-corrected chi connectivity index (χ2v) is 6.27. The molecule has 4 heteroatoms. The highest BCUT2D eigenvalue weighted by Gasteiger charge is 2.21. The zero-order chi connectivity index (χ0) is 13.8. The van der Waals surface area contributed by atoms with Gasteiger partial charge in [0.05, 0.1) is 11.2 Å². The Labute approximate surface area is 124 Å². The molecule has 106 valence electrons. The van der Waals surface area contributed by atoms with Gasteiger partial charge in [-0.1, -0.05) is 18.2 Å². The standard InChI is InChI=1S/C16H21N3S/c1-13-16(20-12-18-13)7-9-17-14-8-10-19(11-14)15-5-3-2-4-6-15/h2-6,12,14,17H,7-11H2,1H3. The van der Waals surface area contributed by atoms with Crippen molar-refractivity contribution in [3.63, 3.8) is 0 Å². The Kier molecular flexibility index (Phi) is 4.33. The Morgan fingerprint density at radius 1 is 1.35 bits per heavy atom. The second-order valence-electron chi connectivity index (χ2n) is 5.33. The molecule has 20 heavy (non-hydrogen) atoms. The van der Waals surface area contributed by atoms with Gasteiger partial charge < -0.3 is 10.2 Å². The topological polar surface area (TPSA) is 28.2 Å². The van der Waals surface area contributed by atoms with Crippen molar-refractivity contribution in [3.8, 4) is 0 Å². The average molecular weight is 287 g/mol. The number of para-hydroxylation sites is 1. The molecule has 3 rings (SSSR count). The summed E-state index contributed by atoms with van der Waals surface area (Å²) in [6.45, 7) is 5.42. The van der Waals surface area contributed by atoms with E-state index in [9.17, 15) is 0 Å². The van der Waals surface area contributed by atoms with Gasteiger partial charge in [0.25, 0.3) is 0 Å². The van der Waals surface area contributed by atoms with Crippen molar-refractivity contribution in [1.82, 2.24) is 10.3 Å². The first-order valence-corrected chi connectivity index (χ1v) is 8.13. The minimum Gasteiger partial charge on any atom is -0.370 e. The molecule has 1 saturated heterocycles. The van der Waals surface area contributed by atoms with E-state index in [2.05, 4.69) is 52.5 Å². The predicted molar refractivity (Wildman–Crippen MR) is 85.6 cm³/mol. The molecule has 0 aliphatic carbocycles. The molecule has 1 fully saturated rings. The minimum absolute atomic E-state index is 0.614. The normalized spacial score (nSPS) is 18.6. The Balaban J connectivity index is 1.45. The van der Waals surface area contributed by atoms with Gasteiger partial charge >= 0.3 is 0 Å². The highest BCUT2D eigenvalue weighted by molar-refractivity contribution is 7.09. The van der Waals surface area contributed by atoms with E-state index in [4.69, 9.17) is 0 Å². The van der Waals surface area contributed by atoms with Gasteiger partial charge in [-0.15, -0.1) is 11.3 Å². The Bertz CT molecular complexity index is 538. The summed E-state index contributed by atoms with van der Waals surface area (Å²) in [5.41, 5.74) is 4.47. The molecule has 0 spiro atoms. The van der Waals surface area contributed by atoms with E-state index in [1.807, 2.05) is 5.51 Å². The smallest absolute Gasteiger partial charge is 0.0797 e.